The maximum Gasteiger partial charge on any atom is 0.224 e. The first-order valence-electron chi connectivity index (χ1n) is 13.8. The van der Waals surface area contributed by atoms with Crippen molar-refractivity contribution in [1.82, 2.24) is 0 Å². The summed E-state index contributed by atoms with van der Waals surface area (Å²) in [5.41, 5.74) is 3.68. The second kappa shape index (κ2) is 17.2. The fourth-order valence-electron chi connectivity index (χ4n) is 4.54. The Morgan fingerprint density at radius 3 is 2.06 bits per heavy atom. The van der Waals surface area contributed by atoms with Crippen molar-refractivity contribution < 1.29 is 14.6 Å². The van der Waals surface area contributed by atoms with Gasteiger partial charge in [-0.05, 0) is 36.6 Å². The van der Waals surface area contributed by atoms with Crippen LogP contribution in [0.15, 0.2) is 42.5 Å². The van der Waals surface area contributed by atoms with Gasteiger partial charge in [0.05, 0.1) is 19.8 Å². The van der Waals surface area contributed by atoms with E-state index >= 15 is 0 Å². The summed E-state index contributed by atoms with van der Waals surface area (Å²) in [6.07, 6.45) is 15.9. The third-order valence-electron chi connectivity index (χ3n) is 6.65. The lowest BCUT2D eigenvalue weighted by Crippen LogP contribution is -2.28. The topological polar surface area (TPSA) is 49.8 Å². The van der Waals surface area contributed by atoms with Crippen LogP contribution in [-0.4, -0.2) is 17.6 Å². The van der Waals surface area contributed by atoms with E-state index in [0.29, 0.717) is 13.2 Å². The molecule has 0 atom stereocenters. The van der Waals surface area contributed by atoms with Crippen LogP contribution in [0.4, 0.5) is 5.69 Å². The van der Waals surface area contributed by atoms with Gasteiger partial charge >= 0.3 is 0 Å². The predicted octanol–water partition coefficient (Wildman–Crippen LogP) is 8.12. The SMILES string of the molecule is CCCCCCCCCCCCCCOc1c(C)cccc1CN(C(C)=O)c1cccc(CO)c1. The summed E-state index contributed by atoms with van der Waals surface area (Å²) < 4.78 is 6.24. The van der Waals surface area contributed by atoms with E-state index in [1.165, 1.54) is 70.6 Å². The Kier molecular flexibility index (Phi) is 14.2. The zero-order valence-corrected chi connectivity index (χ0v) is 22.4. The fraction of sp³-hybridized carbons (Fsp3) is 0.581. The number of amides is 1. The Hall–Kier alpha value is -2.33. The Morgan fingerprint density at radius 2 is 1.46 bits per heavy atom. The van der Waals surface area contributed by atoms with Gasteiger partial charge in [-0.3, -0.25) is 4.79 Å². The summed E-state index contributed by atoms with van der Waals surface area (Å²) in [5, 5.41) is 9.48. The van der Waals surface area contributed by atoms with Gasteiger partial charge in [-0.2, -0.15) is 0 Å². The highest BCUT2D eigenvalue weighted by Crippen LogP contribution is 2.28. The lowest BCUT2D eigenvalue weighted by Gasteiger charge is -2.24. The molecular formula is C31H47NO3. The van der Waals surface area contributed by atoms with E-state index in [9.17, 15) is 9.90 Å². The molecule has 0 saturated heterocycles. The van der Waals surface area contributed by atoms with Gasteiger partial charge in [-0.15, -0.1) is 0 Å². The minimum Gasteiger partial charge on any atom is -0.493 e. The number of anilines is 1. The quantitative estimate of drug-likeness (QED) is 0.219. The Balaban J connectivity index is 1.77. The molecule has 0 spiro atoms. The number of ether oxygens (including phenoxy) is 1. The van der Waals surface area contributed by atoms with Gasteiger partial charge in [0.25, 0.3) is 0 Å². The molecular weight excluding hydrogens is 434 g/mol. The summed E-state index contributed by atoms with van der Waals surface area (Å²) in [4.78, 5) is 14.2. The van der Waals surface area contributed by atoms with Gasteiger partial charge in [0.15, 0.2) is 0 Å². The molecule has 2 aromatic carbocycles. The largest absolute Gasteiger partial charge is 0.493 e. The summed E-state index contributed by atoms with van der Waals surface area (Å²) in [6, 6.07) is 13.6. The summed E-state index contributed by atoms with van der Waals surface area (Å²) in [7, 11) is 0. The number of aryl methyl sites for hydroxylation is 1. The predicted molar refractivity (Wildman–Crippen MR) is 147 cm³/mol. The third kappa shape index (κ3) is 10.9. The molecule has 0 aliphatic heterocycles. The normalized spacial score (nSPS) is 11.0. The smallest absolute Gasteiger partial charge is 0.224 e. The molecule has 0 aliphatic carbocycles. The van der Waals surface area contributed by atoms with Gasteiger partial charge in [0.1, 0.15) is 5.75 Å². The van der Waals surface area contributed by atoms with E-state index in [1.54, 1.807) is 11.8 Å². The number of hydrogen-bond donors (Lipinski definition) is 1. The first-order valence-corrected chi connectivity index (χ1v) is 13.8. The lowest BCUT2D eigenvalue weighted by molar-refractivity contribution is -0.116. The average Bonchev–Trinajstić information content (AvgIpc) is 2.86. The molecule has 2 rings (SSSR count). The van der Waals surface area contributed by atoms with Crippen molar-refractivity contribution in [1.29, 1.82) is 0 Å². The fourth-order valence-corrected chi connectivity index (χ4v) is 4.54. The van der Waals surface area contributed by atoms with E-state index in [-0.39, 0.29) is 12.5 Å². The van der Waals surface area contributed by atoms with E-state index < -0.39 is 0 Å². The number of nitrogens with zero attached hydrogens (tertiary/aromatic N) is 1. The third-order valence-corrected chi connectivity index (χ3v) is 6.65. The number of para-hydroxylation sites is 1. The molecule has 0 bridgehead atoms. The van der Waals surface area contributed by atoms with Crippen molar-refractivity contribution in [2.75, 3.05) is 11.5 Å². The molecule has 4 heteroatoms. The van der Waals surface area contributed by atoms with Gasteiger partial charge in [-0.25, -0.2) is 0 Å². The van der Waals surface area contributed by atoms with Crippen molar-refractivity contribution >= 4 is 11.6 Å². The van der Waals surface area contributed by atoms with Crippen molar-refractivity contribution in [2.24, 2.45) is 0 Å². The molecule has 0 aromatic heterocycles. The van der Waals surface area contributed by atoms with Gasteiger partial charge in [0.2, 0.25) is 5.91 Å². The second-order valence-electron chi connectivity index (χ2n) is 9.73. The number of rotatable bonds is 18. The minimum atomic E-state index is -0.0442. The highest BCUT2D eigenvalue weighted by molar-refractivity contribution is 5.91. The number of hydrogen-bond acceptors (Lipinski definition) is 3. The maximum absolute atomic E-state index is 12.5. The molecule has 4 nitrogen and oxygen atoms in total. The summed E-state index contributed by atoms with van der Waals surface area (Å²) >= 11 is 0. The first-order chi connectivity index (χ1) is 17.1. The number of unbranched alkanes of at least 4 members (excludes halogenated alkanes) is 11. The molecule has 0 saturated carbocycles. The van der Waals surface area contributed by atoms with E-state index in [0.717, 1.165) is 34.5 Å². The van der Waals surface area contributed by atoms with Crippen molar-refractivity contribution in [3.05, 3.63) is 59.2 Å². The number of carbonyl (C=O) groups is 1. The Bertz CT molecular complexity index is 864. The zero-order chi connectivity index (χ0) is 25.3. The molecule has 194 valence electrons. The van der Waals surface area contributed by atoms with Crippen molar-refractivity contribution in [3.63, 3.8) is 0 Å². The minimum absolute atomic E-state index is 0.0338. The van der Waals surface area contributed by atoms with Crippen LogP contribution >= 0.6 is 0 Å². The number of carbonyl (C=O) groups excluding carboxylic acids is 1. The van der Waals surface area contributed by atoms with E-state index in [2.05, 4.69) is 19.9 Å². The van der Waals surface area contributed by atoms with Crippen LogP contribution in [-0.2, 0) is 17.9 Å². The molecule has 0 heterocycles. The molecule has 1 N–H and O–H groups in total. The van der Waals surface area contributed by atoms with Crippen LogP contribution < -0.4 is 9.64 Å². The van der Waals surface area contributed by atoms with Crippen LogP contribution in [0.25, 0.3) is 0 Å². The molecule has 0 unspecified atom stereocenters. The highest BCUT2D eigenvalue weighted by atomic mass is 16.5. The monoisotopic (exact) mass is 481 g/mol. The maximum atomic E-state index is 12.5. The van der Waals surface area contributed by atoms with Crippen LogP contribution in [0.3, 0.4) is 0 Å². The second-order valence-corrected chi connectivity index (χ2v) is 9.73. The zero-order valence-electron chi connectivity index (χ0n) is 22.4. The number of aliphatic hydroxyl groups is 1. The van der Waals surface area contributed by atoms with Gasteiger partial charge in [-0.1, -0.05) is 108 Å². The first kappa shape index (κ1) is 28.9. The highest BCUT2D eigenvalue weighted by Gasteiger charge is 2.16. The van der Waals surface area contributed by atoms with Crippen molar-refractivity contribution in [3.8, 4) is 5.75 Å². The van der Waals surface area contributed by atoms with E-state index in [1.807, 2.05) is 36.4 Å². The molecule has 2 aromatic rings. The standard InChI is InChI=1S/C31H47NO3/c1-4-5-6-7-8-9-10-11-12-13-14-15-22-35-31-26(2)18-16-20-29(31)24-32(27(3)34)30-21-17-19-28(23-30)25-33/h16-21,23,33H,4-15,22,24-25H2,1-3H3. The molecule has 1 amide bonds. The van der Waals surface area contributed by atoms with E-state index in [4.69, 9.17) is 4.74 Å². The Labute approximate surface area is 213 Å². The molecule has 0 radical (unpaired) electrons. The lowest BCUT2D eigenvalue weighted by atomic mass is 10.1. The summed E-state index contributed by atoms with van der Waals surface area (Å²) in [6.45, 7) is 7.01. The van der Waals surface area contributed by atoms with Crippen LogP contribution in [0.2, 0.25) is 0 Å². The number of benzene rings is 2. The average molecular weight is 482 g/mol. The molecule has 0 fully saturated rings. The molecule has 0 aliphatic rings. The molecule has 35 heavy (non-hydrogen) atoms. The Morgan fingerprint density at radius 1 is 0.857 bits per heavy atom. The number of aliphatic hydroxyl groups excluding tert-OH is 1. The van der Waals surface area contributed by atoms with Crippen LogP contribution in [0.5, 0.6) is 5.75 Å². The summed E-state index contributed by atoms with van der Waals surface area (Å²) in [5.74, 6) is 0.855. The van der Waals surface area contributed by atoms with Crippen LogP contribution in [0, 0.1) is 6.92 Å². The van der Waals surface area contributed by atoms with Gasteiger partial charge in [0, 0.05) is 18.2 Å². The van der Waals surface area contributed by atoms with Crippen LogP contribution in [0.1, 0.15) is 108 Å². The van der Waals surface area contributed by atoms with Crippen molar-refractivity contribution in [2.45, 2.75) is 111 Å². The van der Waals surface area contributed by atoms with Gasteiger partial charge < -0.3 is 14.7 Å².